The summed E-state index contributed by atoms with van der Waals surface area (Å²) < 4.78 is 2.90. The van der Waals surface area contributed by atoms with Crippen LogP contribution in [0.5, 0.6) is 0 Å². The summed E-state index contributed by atoms with van der Waals surface area (Å²) in [5, 5.41) is 5.73. The summed E-state index contributed by atoms with van der Waals surface area (Å²) in [7, 11) is 0. The molecule has 3 aliphatic rings. The second-order valence-electron chi connectivity index (χ2n) is 18.5. The van der Waals surface area contributed by atoms with Gasteiger partial charge in [0.25, 0.3) is 0 Å². The third-order valence-electron chi connectivity index (χ3n) is 12.5. The van der Waals surface area contributed by atoms with Crippen LogP contribution in [0.3, 0.4) is 0 Å². The molecule has 5 heterocycles. The van der Waals surface area contributed by atoms with Crippen molar-refractivity contribution in [1.29, 1.82) is 0 Å². The van der Waals surface area contributed by atoms with E-state index >= 15 is 0 Å². The highest BCUT2D eigenvalue weighted by atomic mass is 32.1. The molecule has 3 aliphatic heterocycles. The van der Waals surface area contributed by atoms with E-state index < -0.39 is 0 Å². The molecule has 0 aliphatic carbocycles. The van der Waals surface area contributed by atoms with Crippen LogP contribution in [0.25, 0.3) is 31.3 Å². The maximum Gasteiger partial charge on any atom is 0.249 e. The fraction of sp³-hybridized carbons (Fsp3) is 0.292. The zero-order chi connectivity index (χ0) is 37.2. The van der Waals surface area contributed by atoms with Gasteiger partial charge in [0.2, 0.25) is 13.4 Å². The number of benzene rings is 5. The van der Waals surface area contributed by atoms with E-state index in [1.165, 1.54) is 124 Å². The van der Waals surface area contributed by atoms with Crippen molar-refractivity contribution in [3.05, 3.63) is 111 Å². The number of thiophene rings is 2. The third kappa shape index (κ3) is 4.44. The number of hydrogen-bond donors (Lipinski definition) is 0. The molecule has 10 rings (SSSR count). The minimum absolute atomic E-state index is 0.0245. The molecule has 7 aromatic rings. The molecule has 2 aromatic heterocycles. The van der Waals surface area contributed by atoms with Crippen LogP contribution < -0.4 is 37.7 Å². The van der Waals surface area contributed by atoms with Gasteiger partial charge in [0.15, 0.2) is 0 Å². The first-order chi connectivity index (χ1) is 25.0. The Morgan fingerprint density at radius 1 is 0.509 bits per heavy atom. The predicted octanol–water partition coefficient (Wildman–Crippen LogP) is 9.67. The molecular formula is C48H47B2NS2. The number of hydrogen-bond acceptors (Lipinski definition) is 3. The molecule has 262 valence electrons. The lowest BCUT2D eigenvalue weighted by Gasteiger charge is -2.43. The molecule has 0 fully saturated rings. The van der Waals surface area contributed by atoms with Gasteiger partial charge in [-0.2, -0.15) is 0 Å². The van der Waals surface area contributed by atoms with Crippen LogP contribution in [0, 0.1) is 41.5 Å². The largest absolute Gasteiger partial charge is 0.295 e. The summed E-state index contributed by atoms with van der Waals surface area (Å²) in [6.07, 6.45) is 0. The third-order valence-corrected chi connectivity index (χ3v) is 14.9. The van der Waals surface area contributed by atoms with Crippen molar-refractivity contribution in [1.82, 2.24) is 0 Å². The van der Waals surface area contributed by atoms with Crippen molar-refractivity contribution in [2.24, 2.45) is 0 Å². The molecule has 0 spiro atoms. The highest BCUT2D eigenvalue weighted by molar-refractivity contribution is 7.30. The molecule has 5 aromatic carbocycles. The van der Waals surface area contributed by atoms with Gasteiger partial charge in [0.1, 0.15) is 0 Å². The Bertz CT molecular complexity index is 2760. The molecule has 0 bridgehead atoms. The smallest absolute Gasteiger partial charge is 0.249 e. The lowest BCUT2D eigenvalue weighted by atomic mass is 9.29. The SMILES string of the molecule is Cc1cc(C)c(B2c3cc(C)cc4c3N(c3sc5c(C(C)(C)C)cccc5c32)c2sc3c(C(C)(C)C)ccc5c3c2B4c2c(C)cc(C)cc2-5)c(C)c1. The average molecular weight is 724 g/mol. The van der Waals surface area contributed by atoms with E-state index in [-0.39, 0.29) is 24.3 Å². The lowest BCUT2D eigenvalue weighted by molar-refractivity contribution is 0.596. The predicted molar refractivity (Wildman–Crippen MR) is 239 cm³/mol. The summed E-state index contributed by atoms with van der Waals surface area (Å²) in [6.45, 7) is 28.5. The maximum atomic E-state index is 2.77. The fourth-order valence-corrected chi connectivity index (χ4v) is 13.8. The molecule has 0 saturated heterocycles. The first-order valence-corrected chi connectivity index (χ1v) is 21.0. The van der Waals surface area contributed by atoms with Gasteiger partial charge in [0, 0.05) is 15.1 Å². The van der Waals surface area contributed by atoms with Crippen molar-refractivity contribution in [3.8, 4) is 11.1 Å². The lowest BCUT2D eigenvalue weighted by Crippen LogP contribution is -2.66. The second-order valence-corrected chi connectivity index (χ2v) is 20.5. The van der Waals surface area contributed by atoms with Crippen LogP contribution in [0.2, 0.25) is 0 Å². The van der Waals surface area contributed by atoms with Gasteiger partial charge >= 0.3 is 0 Å². The molecule has 0 saturated carbocycles. The summed E-state index contributed by atoms with van der Waals surface area (Å²) in [5.74, 6) is 0. The van der Waals surface area contributed by atoms with Crippen LogP contribution in [0.4, 0.5) is 15.7 Å². The zero-order valence-electron chi connectivity index (χ0n) is 33.3. The van der Waals surface area contributed by atoms with Gasteiger partial charge in [-0.05, 0) is 107 Å². The Balaban J connectivity index is 1.43. The van der Waals surface area contributed by atoms with E-state index in [9.17, 15) is 0 Å². The van der Waals surface area contributed by atoms with Gasteiger partial charge in [-0.3, -0.25) is 4.90 Å². The van der Waals surface area contributed by atoms with Crippen LogP contribution in [-0.4, -0.2) is 13.4 Å². The van der Waals surface area contributed by atoms with Crippen molar-refractivity contribution >= 4 is 105 Å². The first-order valence-electron chi connectivity index (χ1n) is 19.3. The molecular weight excluding hydrogens is 676 g/mol. The molecule has 0 unspecified atom stereocenters. The zero-order valence-corrected chi connectivity index (χ0v) is 34.9. The van der Waals surface area contributed by atoms with E-state index in [0.29, 0.717) is 0 Å². The van der Waals surface area contributed by atoms with E-state index in [0.717, 1.165) is 0 Å². The molecule has 0 radical (unpaired) electrons. The highest BCUT2D eigenvalue weighted by Gasteiger charge is 2.50. The highest BCUT2D eigenvalue weighted by Crippen LogP contribution is 2.52. The molecule has 0 N–H and O–H groups in total. The molecule has 0 amide bonds. The summed E-state index contributed by atoms with van der Waals surface area (Å²) in [4.78, 5) is 2.77. The molecule has 53 heavy (non-hydrogen) atoms. The van der Waals surface area contributed by atoms with Gasteiger partial charge in [-0.1, -0.05) is 153 Å². The van der Waals surface area contributed by atoms with Crippen LogP contribution in [0.15, 0.2) is 66.7 Å². The van der Waals surface area contributed by atoms with E-state index in [1.54, 1.807) is 0 Å². The summed E-state index contributed by atoms with van der Waals surface area (Å²) in [5.41, 5.74) is 24.3. The standard InChI is InChI=1S/C48H47B2NS2/c1-24-18-27(4)38(28(5)19-24)49-35-22-26(3)23-36-42(35)51(45-40(49)31-14-13-15-33(43(31)52-45)47(7,8)9)46-41-37-30(16-17-34(44(37)53-46)48(10,11)12)32-21-25(2)20-29(6)39(32)50(36)41/h13-23H,1-12H3. The Kier molecular flexibility index (Phi) is 6.83. The molecule has 1 nitrogen and oxygen atoms in total. The number of rotatable bonds is 1. The van der Waals surface area contributed by atoms with Crippen molar-refractivity contribution in [2.45, 2.75) is 93.9 Å². The van der Waals surface area contributed by atoms with Crippen molar-refractivity contribution in [3.63, 3.8) is 0 Å². The van der Waals surface area contributed by atoms with E-state index in [2.05, 4.69) is 166 Å². The van der Waals surface area contributed by atoms with Gasteiger partial charge in [-0.25, -0.2) is 0 Å². The quantitative estimate of drug-likeness (QED) is 0.153. The Labute approximate surface area is 324 Å². The van der Waals surface area contributed by atoms with E-state index in [4.69, 9.17) is 0 Å². The summed E-state index contributed by atoms with van der Waals surface area (Å²) in [6, 6.07) is 26.8. The second kappa shape index (κ2) is 10.8. The molecule has 5 heteroatoms. The molecule has 0 atom stereocenters. The fourth-order valence-electron chi connectivity index (χ4n) is 10.6. The van der Waals surface area contributed by atoms with Crippen LogP contribution >= 0.6 is 22.7 Å². The van der Waals surface area contributed by atoms with Crippen LogP contribution in [-0.2, 0) is 10.8 Å². The number of anilines is 3. The topological polar surface area (TPSA) is 3.24 Å². The minimum Gasteiger partial charge on any atom is -0.295 e. The minimum atomic E-state index is 0.0245. The van der Waals surface area contributed by atoms with Crippen molar-refractivity contribution in [2.75, 3.05) is 4.90 Å². The average Bonchev–Trinajstić information content (AvgIpc) is 3.64. The number of aryl methyl sites for hydroxylation is 6. The summed E-state index contributed by atoms with van der Waals surface area (Å²) >= 11 is 4.10. The van der Waals surface area contributed by atoms with Crippen molar-refractivity contribution < 1.29 is 0 Å². The van der Waals surface area contributed by atoms with Gasteiger partial charge in [-0.15, -0.1) is 22.7 Å². The first kappa shape index (κ1) is 33.5. The van der Waals surface area contributed by atoms with Gasteiger partial charge < -0.3 is 0 Å². The maximum absolute atomic E-state index is 2.77. The number of fused-ring (bicyclic) bond motifs is 9. The monoisotopic (exact) mass is 723 g/mol. The normalized spacial score (nSPS) is 14.3. The Morgan fingerprint density at radius 2 is 1.04 bits per heavy atom. The Hall–Kier alpha value is -4.05. The van der Waals surface area contributed by atoms with E-state index in [1.807, 2.05) is 11.3 Å². The number of nitrogens with zero attached hydrogens (tertiary/aromatic N) is 1. The Morgan fingerprint density at radius 3 is 1.68 bits per heavy atom. The van der Waals surface area contributed by atoms with Crippen LogP contribution in [0.1, 0.15) is 86.1 Å². The van der Waals surface area contributed by atoms with Gasteiger partial charge in [0.05, 0.1) is 10.0 Å².